The van der Waals surface area contributed by atoms with Crippen LogP contribution < -0.4 is 20.1 Å². The Balaban J connectivity index is 1.39. The van der Waals surface area contributed by atoms with Gasteiger partial charge in [0.15, 0.2) is 11.5 Å². The molecule has 0 unspecified atom stereocenters. The van der Waals surface area contributed by atoms with Crippen LogP contribution in [-0.4, -0.2) is 30.6 Å². The number of carbonyl (C=O) groups is 1. The summed E-state index contributed by atoms with van der Waals surface area (Å²) in [5, 5.41) is 6.65. The Morgan fingerprint density at radius 2 is 2.08 bits per heavy atom. The van der Waals surface area contributed by atoms with Crippen molar-refractivity contribution in [2.24, 2.45) is 0 Å². The summed E-state index contributed by atoms with van der Waals surface area (Å²) in [5.74, 6) is 1.27. The van der Waals surface area contributed by atoms with Crippen molar-refractivity contribution in [3.63, 3.8) is 0 Å². The molecule has 0 saturated heterocycles. The summed E-state index contributed by atoms with van der Waals surface area (Å²) < 4.78 is 11.1. The maximum atomic E-state index is 11.8. The standard InChI is InChI=1S/C18H20ClN3O3/c19-15-8-14(9-16-18(15)25-7-6-24-16)11-21-5-3-17(23)22-12-13-2-1-4-20-10-13/h1-2,4,8-10,21H,3,5-7,11-12H2,(H,22,23). The minimum absolute atomic E-state index is 0.00319. The molecule has 0 bridgehead atoms. The lowest BCUT2D eigenvalue weighted by atomic mass is 10.2. The van der Waals surface area contributed by atoms with Gasteiger partial charge in [0.05, 0.1) is 5.02 Å². The molecular formula is C18H20ClN3O3. The number of fused-ring (bicyclic) bond motifs is 1. The summed E-state index contributed by atoms with van der Waals surface area (Å²) in [6.45, 7) is 2.71. The molecule has 2 heterocycles. The van der Waals surface area contributed by atoms with Gasteiger partial charge in [-0.25, -0.2) is 0 Å². The lowest BCUT2D eigenvalue weighted by Crippen LogP contribution is -2.27. The van der Waals surface area contributed by atoms with Crippen molar-refractivity contribution in [3.05, 3.63) is 52.8 Å². The fourth-order valence-corrected chi connectivity index (χ4v) is 2.78. The Labute approximate surface area is 151 Å². The predicted molar refractivity (Wildman–Crippen MR) is 94.8 cm³/mol. The minimum Gasteiger partial charge on any atom is -0.486 e. The van der Waals surface area contributed by atoms with Crippen molar-refractivity contribution in [2.75, 3.05) is 19.8 Å². The van der Waals surface area contributed by atoms with Crippen LogP contribution in [0.25, 0.3) is 0 Å². The number of hydrogen-bond acceptors (Lipinski definition) is 5. The topological polar surface area (TPSA) is 72.5 Å². The molecule has 1 aliphatic rings. The molecule has 1 aromatic carbocycles. The van der Waals surface area contributed by atoms with Crippen molar-refractivity contribution in [1.29, 1.82) is 0 Å². The molecule has 1 aliphatic heterocycles. The Morgan fingerprint density at radius 3 is 2.92 bits per heavy atom. The van der Waals surface area contributed by atoms with E-state index >= 15 is 0 Å². The minimum atomic E-state index is -0.00319. The van der Waals surface area contributed by atoms with E-state index in [1.807, 2.05) is 24.3 Å². The Bertz CT molecular complexity index is 725. The summed E-state index contributed by atoms with van der Waals surface area (Å²) in [4.78, 5) is 15.9. The summed E-state index contributed by atoms with van der Waals surface area (Å²) >= 11 is 6.21. The molecular weight excluding hydrogens is 342 g/mol. The van der Waals surface area contributed by atoms with Gasteiger partial charge in [-0.2, -0.15) is 0 Å². The average molecular weight is 362 g/mol. The number of ether oxygens (including phenoxy) is 2. The van der Waals surface area contributed by atoms with E-state index in [4.69, 9.17) is 21.1 Å². The molecule has 132 valence electrons. The van der Waals surface area contributed by atoms with Crippen molar-refractivity contribution in [1.82, 2.24) is 15.6 Å². The maximum absolute atomic E-state index is 11.8. The van der Waals surface area contributed by atoms with E-state index in [0.29, 0.717) is 55.8 Å². The van der Waals surface area contributed by atoms with Gasteiger partial charge in [-0.1, -0.05) is 17.7 Å². The van der Waals surface area contributed by atoms with Crippen LogP contribution in [0.3, 0.4) is 0 Å². The van der Waals surface area contributed by atoms with Crippen LogP contribution in [0.1, 0.15) is 17.5 Å². The third kappa shape index (κ3) is 5.08. The number of halogens is 1. The van der Waals surface area contributed by atoms with E-state index < -0.39 is 0 Å². The molecule has 0 aliphatic carbocycles. The molecule has 3 rings (SSSR count). The second kappa shape index (κ2) is 8.69. The quantitative estimate of drug-likeness (QED) is 0.740. The van der Waals surface area contributed by atoms with Gasteiger partial charge in [-0.15, -0.1) is 0 Å². The summed E-state index contributed by atoms with van der Waals surface area (Å²) in [6, 6.07) is 7.54. The number of pyridine rings is 1. The Hall–Kier alpha value is -2.31. The van der Waals surface area contributed by atoms with Crippen LogP contribution in [0, 0.1) is 0 Å². The van der Waals surface area contributed by atoms with E-state index in [-0.39, 0.29) is 5.91 Å². The second-order valence-corrected chi connectivity index (χ2v) is 6.07. The first-order chi connectivity index (χ1) is 12.2. The van der Waals surface area contributed by atoms with Crippen LogP contribution in [0.5, 0.6) is 11.5 Å². The van der Waals surface area contributed by atoms with E-state index in [1.165, 1.54) is 0 Å². The molecule has 0 atom stereocenters. The highest BCUT2D eigenvalue weighted by Gasteiger charge is 2.16. The maximum Gasteiger partial charge on any atom is 0.221 e. The first-order valence-electron chi connectivity index (χ1n) is 8.17. The number of rotatable bonds is 7. The molecule has 6 nitrogen and oxygen atoms in total. The molecule has 1 aromatic heterocycles. The molecule has 0 saturated carbocycles. The molecule has 2 N–H and O–H groups in total. The molecule has 0 fully saturated rings. The first-order valence-corrected chi connectivity index (χ1v) is 8.54. The number of nitrogens with zero attached hydrogens (tertiary/aromatic N) is 1. The fourth-order valence-electron chi connectivity index (χ4n) is 2.49. The molecule has 1 amide bonds. The van der Waals surface area contributed by atoms with Crippen molar-refractivity contribution in [2.45, 2.75) is 19.5 Å². The monoisotopic (exact) mass is 361 g/mol. The average Bonchev–Trinajstić information content (AvgIpc) is 2.64. The zero-order chi connectivity index (χ0) is 17.5. The SMILES string of the molecule is O=C(CCNCc1cc(Cl)c2c(c1)OCCO2)NCc1cccnc1. The van der Waals surface area contributed by atoms with Gasteiger partial charge in [0.25, 0.3) is 0 Å². The number of aromatic nitrogens is 1. The highest BCUT2D eigenvalue weighted by Crippen LogP contribution is 2.38. The lowest BCUT2D eigenvalue weighted by Gasteiger charge is -2.20. The smallest absolute Gasteiger partial charge is 0.221 e. The van der Waals surface area contributed by atoms with Crippen LogP contribution in [0.2, 0.25) is 5.02 Å². The van der Waals surface area contributed by atoms with E-state index in [9.17, 15) is 4.79 Å². The number of amides is 1. The largest absolute Gasteiger partial charge is 0.486 e. The summed E-state index contributed by atoms with van der Waals surface area (Å²) in [6.07, 6.45) is 3.85. The van der Waals surface area contributed by atoms with E-state index in [0.717, 1.165) is 11.1 Å². The van der Waals surface area contributed by atoms with Gasteiger partial charge >= 0.3 is 0 Å². The molecule has 0 spiro atoms. The Kier molecular flexibility index (Phi) is 6.09. The number of nitrogens with one attached hydrogen (secondary N) is 2. The van der Waals surface area contributed by atoms with Gasteiger partial charge in [0.1, 0.15) is 13.2 Å². The predicted octanol–water partition coefficient (Wildman–Crippen LogP) is 2.30. The van der Waals surface area contributed by atoms with Gasteiger partial charge in [0, 0.05) is 38.4 Å². The zero-order valence-corrected chi connectivity index (χ0v) is 14.5. The second-order valence-electron chi connectivity index (χ2n) is 5.67. The van der Waals surface area contributed by atoms with Crippen LogP contribution in [-0.2, 0) is 17.9 Å². The van der Waals surface area contributed by atoms with Gasteiger partial charge in [-0.3, -0.25) is 9.78 Å². The van der Waals surface area contributed by atoms with Crippen LogP contribution in [0.4, 0.5) is 0 Å². The number of carbonyl (C=O) groups excluding carboxylic acids is 1. The summed E-state index contributed by atoms with van der Waals surface area (Å²) in [7, 11) is 0. The van der Waals surface area contributed by atoms with Crippen molar-refractivity contribution < 1.29 is 14.3 Å². The van der Waals surface area contributed by atoms with Gasteiger partial charge in [0.2, 0.25) is 5.91 Å². The third-order valence-corrected chi connectivity index (χ3v) is 4.01. The first kappa shape index (κ1) is 17.5. The normalized spacial score (nSPS) is 12.7. The lowest BCUT2D eigenvalue weighted by molar-refractivity contribution is -0.121. The van der Waals surface area contributed by atoms with Gasteiger partial charge in [-0.05, 0) is 29.3 Å². The van der Waals surface area contributed by atoms with E-state index in [2.05, 4.69) is 15.6 Å². The molecule has 7 heteroatoms. The van der Waals surface area contributed by atoms with Crippen LogP contribution >= 0.6 is 11.6 Å². The van der Waals surface area contributed by atoms with Crippen molar-refractivity contribution in [3.8, 4) is 11.5 Å². The van der Waals surface area contributed by atoms with Gasteiger partial charge < -0.3 is 20.1 Å². The molecule has 2 aromatic rings. The third-order valence-electron chi connectivity index (χ3n) is 3.73. The highest BCUT2D eigenvalue weighted by atomic mass is 35.5. The molecule has 0 radical (unpaired) electrons. The van der Waals surface area contributed by atoms with Crippen LogP contribution in [0.15, 0.2) is 36.7 Å². The van der Waals surface area contributed by atoms with Crippen molar-refractivity contribution >= 4 is 17.5 Å². The summed E-state index contributed by atoms with van der Waals surface area (Å²) in [5.41, 5.74) is 1.97. The number of hydrogen-bond donors (Lipinski definition) is 2. The Morgan fingerprint density at radius 1 is 1.20 bits per heavy atom. The highest BCUT2D eigenvalue weighted by molar-refractivity contribution is 6.32. The molecule has 25 heavy (non-hydrogen) atoms. The zero-order valence-electron chi connectivity index (χ0n) is 13.8. The van der Waals surface area contributed by atoms with E-state index in [1.54, 1.807) is 12.4 Å². The number of benzene rings is 1. The fraction of sp³-hybridized carbons (Fsp3) is 0.333.